The van der Waals surface area contributed by atoms with Crippen LogP contribution in [0.25, 0.3) is 0 Å². The summed E-state index contributed by atoms with van der Waals surface area (Å²) in [4.78, 5) is 14.0. The van der Waals surface area contributed by atoms with E-state index < -0.39 is 6.10 Å². The van der Waals surface area contributed by atoms with Crippen molar-refractivity contribution in [3.63, 3.8) is 0 Å². The molecule has 0 aliphatic heterocycles. The smallest absolute Gasteiger partial charge is 0.222 e. The number of carbonyl (C=O) groups excluding carboxylic acids is 1. The molecule has 0 radical (unpaired) electrons. The fourth-order valence-corrected chi connectivity index (χ4v) is 2.72. The van der Waals surface area contributed by atoms with Gasteiger partial charge in [0.2, 0.25) is 5.91 Å². The van der Waals surface area contributed by atoms with Crippen molar-refractivity contribution >= 4 is 5.91 Å². The fourth-order valence-electron chi connectivity index (χ4n) is 2.72. The Hall–Kier alpha value is -0.610. The van der Waals surface area contributed by atoms with Gasteiger partial charge in [-0.2, -0.15) is 0 Å². The van der Waals surface area contributed by atoms with Gasteiger partial charge in [0.15, 0.2) is 0 Å². The van der Waals surface area contributed by atoms with E-state index in [0.717, 1.165) is 25.3 Å². The van der Waals surface area contributed by atoms with E-state index in [9.17, 15) is 9.90 Å². The lowest BCUT2D eigenvalue weighted by molar-refractivity contribution is -0.124. The SMILES string of the molecule is CC(C)C(O)CC(=O)NC1CCC(CN(C)C)CC1. The molecule has 0 bridgehead atoms. The lowest BCUT2D eigenvalue weighted by Crippen LogP contribution is -2.40. The molecule has 1 fully saturated rings. The maximum absolute atomic E-state index is 11.8. The van der Waals surface area contributed by atoms with Crippen LogP contribution in [0.5, 0.6) is 0 Å². The third-order valence-corrected chi connectivity index (χ3v) is 4.00. The molecule has 112 valence electrons. The van der Waals surface area contributed by atoms with E-state index >= 15 is 0 Å². The maximum atomic E-state index is 11.8. The minimum absolute atomic E-state index is 0.00254. The molecule has 4 nitrogen and oxygen atoms in total. The Balaban J connectivity index is 2.23. The van der Waals surface area contributed by atoms with Crippen molar-refractivity contribution in [3.05, 3.63) is 0 Å². The summed E-state index contributed by atoms with van der Waals surface area (Å²) < 4.78 is 0. The highest BCUT2D eigenvalue weighted by molar-refractivity contribution is 5.76. The van der Waals surface area contributed by atoms with Crippen LogP contribution in [-0.4, -0.2) is 48.7 Å². The van der Waals surface area contributed by atoms with Crippen LogP contribution in [0.1, 0.15) is 46.0 Å². The summed E-state index contributed by atoms with van der Waals surface area (Å²) >= 11 is 0. The Bertz CT molecular complexity index is 271. The molecule has 1 amide bonds. The van der Waals surface area contributed by atoms with Crippen molar-refractivity contribution in [1.82, 2.24) is 10.2 Å². The second-order valence-corrected chi connectivity index (χ2v) is 6.56. The van der Waals surface area contributed by atoms with Crippen LogP contribution < -0.4 is 5.32 Å². The summed E-state index contributed by atoms with van der Waals surface area (Å²) in [6, 6.07) is 0.310. The Labute approximate surface area is 117 Å². The molecule has 0 aromatic rings. The first kappa shape index (κ1) is 16.4. The number of aliphatic hydroxyl groups excluding tert-OH is 1. The highest BCUT2D eigenvalue weighted by Gasteiger charge is 2.23. The summed E-state index contributed by atoms with van der Waals surface area (Å²) in [5.74, 6) is 0.906. The molecule has 1 saturated carbocycles. The molecule has 0 saturated heterocycles. The van der Waals surface area contributed by atoms with E-state index in [0.29, 0.717) is 6.04 Å². The van der Waals surface area contributed by atoms with Gasteiger partial charge in [0.25, 0.3) is 0 Å². The molecule has 1 atom stereocenters. The summed E-state index contributed by atoms with van der Waals surface area (Å²) in [5, 5.41) is 12.8. The first-order valence-electron chi connectivity index (χ1n) is 7.50. The zero-order valence-corrected chi connectivity index (χ0v) is 12.9. The van der Waals surface area contributed by atoms with E-state index in [1.54, 1.807) is 0 Å². The number of amides is 1. The van der Waals surface area contributed by atoms with Crippen molar-refractivity contribution in [2.45, 2.75) is 58.1 Å². The molecule has 0 aromatic carbocycles. The summed E-state index contributed by atoms with van der Waals surface area (Å²) in [5.41, 5.74) is 0. The number of carbonyl (C=O) groups is 1. The van der Waals surface area contributed by atoms with Gasteiger partial charge in [0, 0.05) is 12.6 Å². The Morgan fingerprint density at radius 3 is 2.32 bits per heavy atom. The molecule has 2 N–H and O–H groups in total. The Kier molecular flexibility index (Phi) is 6.80. The number of nitrogens with zero attached hydrogens (tertiary/aromatic N) is 1. The van der Waals surface area contributed by atoms with Gasteiger partial charge in [-0.1, -0.05) is 13.8 Å². The first-order chi connectivity index (χ1) is 8.88. The predicted molar refractivity (Wildman–Crippen MR) is 77.9 cm³/mol. The monoisotopic (exact) mass is 270 g/mol. The molecule has 4 heteroatoms. The van der Waals surface area contributed by atoms with Gasteiger partial charge >= 0.3 is 0 Å². The van der Waals surface area contributed by atoms with Crippen LogP contribution >= 0.6 is 0 Å². The molecule has 1 rings (SSSR count). The van der Waals surface area contributed by atoms with Gasteiger partial charge in [-0.25, -0.2) is 0 Å². The largest absolute Gasteiger partial charge is 0.392 e. The zero-order chi connectivity index (χ0) is 14.4. The van der Waals surface area contributed by atoms with Crippen LogP contribution in [0.15, 0.2) is 0 Å². The van der Waals surface area contributed by atoms with Crippen LogP contribution in [0.2, 0.25) is 0 Å². The van der Waals surface area contributed by atoms with Gasteiger partial charge in [0.1, 0.15) is 0 Å². The predicted octanol–water partition coefficient (Wildman–Crippen LogP) is 1.63. The van der Waals surface area contributed by atoms with E-state index in [1.165, 1.54) is 12.8 Å². The van der Waals surface area contributed by atoms with Gasteiger partial charge in [-0.3, -0.25) is 4.79 Å². The van der Waals surface area contributed by atoms with E-state index in [2.05, 4.69) is 24.3 Å². The molecular weight excluding hydrogens is 240 g/mol. The van der Waals surface area contributed by atoms with Crippen molar-refractivity contribution in [3.8, 4) is 0 Å². The van der Waals surface area contributed by atoms with E-state index in [4.69, 9.17) is 0 Å². The van der Waals surface area contributed by atoms with Gasteiger partial charge in [0.05, 0.1) is 12.5 Å². The summed E-state index contributed by atoms with van der Waals surface area (Å²) in [6.07, 6.45) is 4.23. The number of rotatable bonds is 6. The minimum Gasteiger partial charge on any atom is -0.392 e. The molecule has 0 aromatic heterocycles. The van der Waals surface area contributed by atoms with Gasteiger partial charge < -0.3 is 15.3 Å². The van der Waals surface area contributed by atoms with E-state index in [1.807, 2.05) is 13.8 Å². The van der Waals surface area contributed by atoms with Crippen LogP contribution in [0.4, 0.5) is 0 Å². The molecule has 19 heavy (non-hydrogen) atoms. The number of aliphatic hydroxyl groups is 1. The van der Waals surface area contributed by atoms with Crippen molar-refractivity contribution in [1.29, 1.82) is 0 Å². The third kappa shape index (κ3) is 6.39. The summed E-state index contributed by atoms with van der Waals surface area (Å²) in [7, 11) is 4.22. The Morgan fingerprint density at radius 1 is 1.26 bits per heavy atom. The third-order valence-electron chi connectivity index (χ3n) is 4.00. The zero-order valence-electron chi connectivity index (χ0n) is 12.9. The van der Waals surface area contributed by atoms with E-state index in [-0.39, 0.29) is 18.2 Å². The summed E-state index contributed by atoms with van der Waals surface area (Å²) in [6.45, 7) is 5.02. The second-order valence-electron chi connectivity index (χ2n) is 6.56. The van der Waals surface area contributed by atoms with Crippen molar-refractivity contribution in [2.24, 2.45) is 11.8 Å². The van der Waals surface area contributed by atoms with Crippen molar-refractivity contribution < 1.29 is 9.90 Å². The highest BCUT2D eigenvalue weighted by atomic mass is 16.3. The molecule has 1 unspecified atom stereocenters. The topological polar surface area (TPSA) is 52.6 Å². The lowest BCUT2D eigenvalue weighted by Gasteiger charge is -2.31. The van der Waals surface area contributed by atoms with Crippen molar-refractivity contribution in [2.75, 3.05) is 20.6 Å². The van der Waals surface area contributed by atoms with Crippen LogP contribution in [0.3, 0.4) is 0 Å². The molecule has 0 spiro atoms. The lowest BCUT2D eigenvalue weighted by atomic mass is 9.85. The standard InChI is InChI=1S/C15H30N2O2/c1-11(2)14(18)9-15(19)16-13-7-5-12(6-8-13)10-17(3)4/h11-14,18H,5-10H2,1-4H3,(H,16,19). The molecule has 0 heterocycles. The normalized spacial score (nSPS) is 25.6. The maximum Gasteiger partial charge on any atom is 0.222 e. The molecule has 1 aliphatic carbocycles. The average molecular weight is 270 g/mol. The van der Waals surface area contributed by atoms with Crippen LogP contribution in [-0.2, 0) is 4.79 Å². The second kappa shape index (κ2) is 7.85. The average Bonchev–Trinajstić information content (AvgIpc) is 2.30. The Morgan fingerprint density at radius 2 is 1.84 bits per heavy atom. The molecular formula is C15H30N2O2. The first-order valence-corrected chi connectivity index (χ1v) is 7.50. The highest BCUT2D eigenvalue weighted by Crippen LogP contribution is 2.24. The van der Waals surface area contributed by atoms with Gasteiger partial charge in [-0.15, -0.1) is 0 Å². The van der Waals surface area contributed by atoms with Crippen LogP contribution in [0, 0.1) is 11.8 Å². The van der Waals surface area contributed by atoms with Gasteiger partial charge in [-0.05, 0) is 51.6 Å². The number of hydrogen-bond acceptors (Lipinski definition) is 3. The quantitative estimate of drug-likeness (QED) is 0.771. The minimum atomic E-state index is -0.523. The fraction of sp³-hybridized carbons (Fsp3) is 0.933. The number of hydrogen-bond donors (Lipinski definition) is 2. The molecule has 1 aliphatic rings. The number of nitrogens with one attached hydrogen (secondary N) is 1.